The van der Waals surface area contributed by atoms with E-state index in [1.54, 1.807) is 29.1 Å². The first-order valence-electron chi connectivity index (χ1n) is 6.41. The van der Waals surface area contributed by atoms with E-state index >= 15 is 0 Å². The van der Waals surface area contributed by atoms with Gasteiger partial charge in [-0.25, -0.2) is 4.98 Å². The summed E-state index contributed by atoms with van der Waals surface area (Å²) in [6, 6.07) is 7.24. The van der Waals surface area contributed by atoms with Crippen molar-refractivity contribution in [3.8, 4) is 6.07 Å². The second kappa shape index (κ2) is 4.82. The summed E-state index contributed by atoms with van der Waals surface area (Å²) in [6.07, 6.45) is 3.67. The number of hydrogen-bond donors (Lipinski definition) is 1. The molecule has 1 N–H and O–H groups in total. The highest BCUT2D eigenvalue weighted by atomic mass is 16.1. The SMILES string of the molecule is N#Cc1ccc2c(=O)n(C3CCCNC3)cnc2c1. The van der Waals surface area contributed by atoms with Crippen LogP contribution in [0.3, 0.4) is 0 Å². The van der Waals surface area contributed by atoms with Gasteiger partial charge in [-0.3, -0.25) is 9.36 Å². The number of nitrogens with zero attached hydrogens (tertiary/aromatic N) is 3. The molecule has 0 aliphatic carbocycles. The predicted octanol–water partition coefficient (Wildman–Crippen LogP) is 1.19. The number of nitrogens with one attached hydrogen (secondary N) is 1. The Labute approximate surface area is 110 Å². The highest BCUT2D eigenvalue weighted by Gasteiger charge is 2.17. The van der Waals surface area contributed by atoms with Crippen LogP contribution in [0.5, 0.6) is 0 Å². The second-order valence-corrected chi connectivity index (χ2v) is 4.80. The maximum absolute atomic E-state index is 12.4. The van der Waals surface area contributed by atoms with E-state index in [0.717, 1.165) is 25.9 Å². The Morgan fingerprint density at radius 1 is 1.47 bits per heavy atom. The Hall–Kier alpha value is -2.19. The first kappa shape index (κ1) is 11.9. The van der Waals surface area contributed by atoms with Crippen molar-refractivity contribution in [3.63, 3.8) is 0 Å². The minimum atomic E-state index is -0.0248. The molecule has 0 bridgehead atoms. The zero-order chi connectivity index (χ0) is 13.2. The summed E-state index contributed by atoms with van der Waals surface area (Å²) in [5.41, 5.74) is 1.09. The van der Waals surface area contributed by atoms with E-state index in [4.69, 9.17) is 5.26 Å². The highest BCUT2D eigenvalue weighted by Crippen LogP contribution is 2.16. The lowest BCUT2D eigenvalue weighted by Crippen LogP contribution is -2.36. The van der Waals surface area contributed by atoms with Crippen LogP contribution in [0.15, 0.2) is 29.3 Å². The van der Waals surface area contributed by atoms with Crippen molar-refractivity contribution in [2.75, 3.05) is 13.1 Å². The minimum absolute atomic E-state index is 0.0248. The van der Waals surface area contributed by atoms with Gasteiger partial charge in [-0.15, -0.1) is 0 Å². The summed E-state index contributed by atoms with van der Waals surface area (Å²) in [6.45, 7) is 1.82. The molecular weight excluding hydrogens is 240 g/mol. The number of benzene rings is 1. The molecule has 0 spiro atoms. The molecule has 96 valence electrons. The fourth-order valence-electron chi connectivity index (χ4n) is 2.54. The Morgan fingerprint density at radius 2 is 2.37 bits per heavy atom. The number of aromatic nitrogens is 2. The number of nitriles is 1. The van der Waals surface area contributed by atoms with Gasteiger partial charge in [0.05, 0.1) is 34.9 Å². The van der Waals surface area contributed by atoms with Crippen LogP contribution in [-0.2, 0) is 0 Å². The number of rotatable bonds is 1. The van der Waals surface area contributed by atoms with E-state index < -0.39 is 0 Å². The largest absolute Gasteiger partial charge is 0.315 e. The molecule has 3 rings (SSSR count). The van der Waals surface area contributed by atoms with Gasteiger partial charge in [-0.1, -0.05) is 0 Å². The molecule has 19 heavy (non-hydrogen) atoms. The number of fused-ring (bicyclic) bond motifs is 1. The van der Waals surface area contributed by atoms with Gasteiger partial charge in [0.15, 0.2) is 0 Å². The minimum Gasteiger partial charge on any atom is -0.315 e. The summed E-state index contributed by atoms with van der Waals surface area (Å²) in [7, 11) is 0. The smallest absolute Gasteiger partial charge is 0.261 e. The van der Waals surface area contributed by atoms with Gasteiger partial charge in [-0.05, 0) is 37.6 Å². The molecular formula is C14H14N4O. The fraction of sp³-hybridized carbons (Fsp3) is 0.357. The molecule has 1 aliphatic rings. The van der Waals surface area contributed by atoms with E-state index in [9.17, 15) is 4.79 Å². The second-order valence-electron chi connectivity index (χ2n) is 4.80. The quantitative estimate of drug-likeness (QED) is 0.830. The predicted molar refractivity (Wildman–Crippen MR) is 71.9 cm³/mol. The summed E-state index contributed by atoms with van der Waals surface area (Å²) >= 11 is 0. The van der Waals surface area contributed by atoms with Crippen LogP contribution in [0, 0.1) is 11.3 Å². The third kappa shape index (κ3) is 2.11. The molecule has 1 aromatic heterocycles. The highest BCUT2D eigenvalue weighted by molar-refractivity contribution is 5.78. The molecule has 1 fully saturated rings. The van der Waals surface area contributed by atoms with Crippen LogP contribution in [-0.4, -0.2) is 22.6 Å². The molecule has 1 aliphatic heterocycles. The molecule has 1 atom stereocenters. The van der Waals surface area contributed by atoms with Crippen molar-refractivity contribution in [3.05, 3.63) is 40.4 Å². The van der Waals surface area contributed by atoms with Crippen molar-refractivity contribution < 1.29 is 0 Å². The first-order chi connectivity index (χ1) is 9.29. The van der Waals surface area contributed by atoms with E-state index in [2.05, 4.69) is 16.4 Å². The lowest BCUT2D eigenvalue weighted by atomic mass is 10.1. The first-order valence-corrected chi connectivity index (χ1v) is 6.41. The molecule has 2 heterocycles. The summed E-state index contributed by atoms with van der Waals surface area (Å²) in [5.74, 6) is 0. The molecule has 5 heteroatoms. The van der Waals surface area contributed by atoms with Gasteiger partial charge in [0.2, 0.25) is 0 Å². The maximum atomic E-state index is 12.4. The van der Waals surface area contributed by atoms with Crippen LogP contribution in [0.4, 0.5) is 0 Å². The van der Waals surface area contributed by atoms with E-state index in [1.165, 1.54) is 0 Å². The van der Waals surface area contributed by atoms with Crippen LogP contribution in [0.2, 0.25) is 0 Å². The summed E-state index contributed by atoms with van der Waals surface area (Å²) < 4.78 is 1.71. The van der Waals surface area contributed by atoms with E-state index in [-0.39, 0.29) is 11.6 Å². The molecule has 2 aromatic rings. The Balaban J connectivity index is 2.11. The molecule has 5 nitrogen and oxygen atoms in total. The lowest BCUT2D eigenvalue weighted by molar-refractivity contribution is 0.363. The molecule has 0 amide bonds. The van der Waals surface area contributed by atoms with Crippen molar-refractivity contribution >= 4 is 10.9 Å². The van der Waals surface area contributed by atoms with Gasteiger partial charge in [-0.2, -0.15) is 5.26 Å². The summed E-state index contributed by atoms with van der Waals surface area (Å²) in [4.78, 5) is 16.7. The Bertz CT molecular complexity index is 707. The topological polar surface area (TPSA) is 70.7 Å². The zero-order valence-corrected chi connectivity index (χ0v) is 10.5. The van der Waals surface area contributed by atoms with E-state index in [1.807, 2.05) is 0 Å². The third-order valence-electron chi connectivity index (χ3n) is 3.58. The van der Waals surface area contributed by atoms with Crippen LogP contribution in [0.1, 0.15) is 24.4 Å². The normalized spacial score (nSPS) is 19.2. The van der Waals surface area contributed by atoms with Gasteiger partial charge in [0.25, 0.3) is 5.56 Å². The summed E-state index contributed by atoms with van der Waals surface area (Å²) in [5, 5.41) is 12.7. The zero-order valence-electron chi connectivity index (χ0n) is 10.5. The van der Waals surface area contributed by atoms with Crippen LogP contribution >= 0.6 is 0 Å². The number of hydrogen-bond acceptors (Lipinski definition) is 4. The van der Waals surface area contributed by atoms with Gasteiger partial charge in [0.1, 0.15) is 0 Å². The van der Waals surface area contributed by atoms with Crippen molar-refractivity contribution in [1.82, 2.24) is 14.9 Å². The van der Waals surface area contributed by atoms with Gasteiger partial charge >= 0.3 is 0 Å². The molecule has 0 radical (unpaired) electrons. The third-order valence-corrected chi connectivity index (χ3v) is 3.58. The fourth-order valence-corrected chi connectivity index (χ4v) is 2.54. The Kier molecular flexibility index (Phi) is 3.02. The lowest BCUT2D eigenvalue weighted by Gasteiger charge is -2.24. The Morgan fingerprint density at radius 3 is 3.11 bits per heavy atom. The maximum Gasteiger partial charge on any atom is 0.261 e. The average molecular weight is 254 g/mol. The van der Waals surface area contributed by atoms with E-state index in [0.29, 0.717) is 16.5 Å². The molecule has 1 aromatic carbocycles. The monoisotopic (exact) mass is 254 g/mol. The van der Waals surface area contributed by atoms with Gasteiger partial charge in [0, 0.05) is 6.54 Å². The van der Waals surface area contributed by atoms with Crippen molar-refractivity contribution in [2.45, 2.75) is 18.9 Å². The average Bonchev–Trinajstić information content (AvgIpc) is 2.48. The van der Waals surface area contributed by atoms with Crippen molar-refractivity contribution in [2.24, 2.45) is 0 Å². The molecule has 1 unspecified atom stereocenters. The standard InChI is InChI=1S/C14H14N4O/c15-7-10-3-4-12-13(6-10)17-9-18(14(12)19)11-2-1-5-16-8-11/h3-4,6,9,11,16H,1-2,5,8H2. The molecule has 1 saturated heterocycles. The van der Waals surface area contributed by atoms with Gasteiger partial charge < -0.3 is 5.32 Å². The van der Waals surface area contributed by atoms with Crippen molar-refractivity contribution in [1.29, 1.82) is 5.26 Å². The van der Waals surface area contributed by atoms with Crippen LogP contribution < -0.4 is 10.9 Å². The molecule has 0 saturated carbocycles. The van der Waals surface area contributed by atoms with Crippen LogP contribution in [0.25, 0.3) is 10.9 Å². The number of piperidine rings is 1.